The maximum absolute atomic E-state index is 12.8. The first kappa shape index (κ1) is 17.3. The highest BCUT2D eigenvalue weighted by molar-refractivity contribution is 5.91. The lowest BCUT2D eigenvalue weighted by atomic mass is 9.63. The highest BCUT2D eigenvalue weighted by atomic mass is 16.1. The maximum atomic E-state index is 12.8. The van der Waals surface area contributed by atoms with E-state index in [9.17, 15) is 4.79 Å². The van der Waals surface area contributed by atoms with Crippen LogP contribution in [0.15, 0.2) is 60.7 Å². The van der Waals surface area contributed by atoms with Gasteiger partial charge in [0.25, 0.3) is 0 Å². The topological polar surface area (TPSA) is 43.1 Å². The molecule has 0 aliphatic heterocycles. The van der Waals surface area contributed by atoms with Gasteiger partial charge in [0, 0.05) is 0 Å². The number of amides is 1. The second-order valence-corrected chi connectivity index (χ2v) is 6.15. The molecule has 0 bridgehead atoms. The van der Waals surface area contributed by atoms with Crippen LogP contribution in [0.3, 0.4) is 0 Å². The number of benzene rings is 2. The Morgan fingerprint density at radius 2 is 1.43 bits per heavy atom. The standard InChI is InChI=1S/C21H27NO/c1-3-5-12-17(4-2)21(20(22)23,18-13-8-6-9-14-18)19-15-10-7-11-16-19/h6-11,13-17H,3-5,12H2,1-2H3,(H2,22,23). The van der Waals surface area contributed by atoms with E-state index in [1.807, 2.05) is 60.7 Å². The molecule has 2 N–H and O–H groups in total. The predicted octanol–water partition coefficient (Wildman–Crippen LogP) is 4.67. The van der Waals surface area contributed by atoms with Crippen molar-refractivity contribution < 1.29 is 4.79 Å². The molecule has 2 rings (SSSR count). The van der Waals surface area contributed by atoms with Crippen LogP contribution in [0.25, 0.3) is 0 Å². The Morgan fingerprint density at radius 3 is 1.78 bits per heavy atom. The largest absolute Gasteiger partial charge is 0.369 e. The Labute approximate surface area is 139 Å². The lowest BCUT2D eigenvalue weighted by Gasteiger charge is -2.39. The van der Waals surface area contributed by atoms with Crippen LogP contribution in [0.5, 0.6) is 0 Å². The van der Waals surface area contributed by atoms with Crippen molar-refractivity contribution in [2.75, 3.05) is 0 Å². The van der Waals surface area contributed by atoms with E-state index in [-0.39, 0.29) is 11.8 Å². The van der Waals surface area contributed by atoms with Crippen LogP contribution >= 0.6 is 0 Å². The van der Waals surface area contributed by atoms with Gasteiger partial charge in [-0.2, -0.15) is 0 Å². The third kappa shape index (κ3) is 3.31. The summed E-state index contributed by atoms with van der Waals surface area (Å²) < 4.78 is 0. The van der Waals surface area contributed by atoms with Gasteiger partial charge in [-0.25, -0.2) is 0 Å². The molecule has 1 unspecified atom stereocenters. The van der Waals surface area contributed by atoms with Gasteiger partial charge < -0.3 is 5.73 Å². The van der Waals surface area contributed by atoms with Gasteiger partial charge in [-0.05, 0) is 23.5 Å². The van der Waals surface area contributed by atoms with Gasteiger partial charge in [0.2, 0.25) is 5.91 Å². The average molecular weight is 309 g/mol. The normalized spacial score (nSPS) is 12.8. The molecule has 1 amide bonds. The summed E-state index contributed by atoms with van der Waals surface area (Å²) in [5.74, 6) is -0.0531. The van der Waals surface area contributed by atoms with Gasteiger partial charge >= 0.3 is 0 Å². The zero-order valence-corrected chi connectivity index (χ0v) is 14.2. The van der Waals surface area contributed by atoms with E-state index < -0.39 is 5.41 Å². The molecule has 0 spiro atoms. The Bertz CT molecular complexity index is 567. The van der Waals surface area contributed by atoms with Crippen LogP contribution in [0.4, 0.5) is 0 Å². The predicted molar refractivity (Wildman–Crippen MR) is 96.2 cm³/mol. The van der Waals surface area contributed by atoms with Crippen LogP contribution in [0.1, 0.15) is 50.7 Å². The second kappa shape index (κ2) is 7.96. The molecule has 0 heterocycles. The van der Waals surface area contributed by atoms with E-state index in [1.165, 1.54) is 0 Å². The van der Waals surface area contributed by atoms with Gasteiger partial charge in [-0.1, -0.05) is 93.8 Å². The average Bonchev–Trinajstić information content (AvgIpc) is 2.60. The first-order chi connectivity index (χ1) is 11.2. The molecule has 0 saturated heterocycles. The molecule has 0 radical (unpaired) electrons. The molecule has 0 saturated carbocycles. The SMILES string of the molecule is CCCCC(CC)C(C(N)=O)(c1ccccc1)c1ccccc1. The van der Waals surface area contributed by atoms with Crippen molar-refractivity contribution in [3.8, 4) is 0 Å². The molecule has 0 fully saturated rings. The summed E-state index contributed by atoms with van der Waals surface area (Å²) in [4.78, 5) is 12.8. The van der Waals surface area contributed by atoms with Gasteiger partial charge in [0.1, 0.15) is 5.41 Å². The molecular formula is C21H27NO. The van der Waals surface area contributed by atoms with Crippen molar-refractivity contribution in [3.05, 3.63) is 71.8 Å². The molecule has 2 aromatic carbocycles. The number of nitrogens with two attached hydrogens (primary N) is 1. The van der Waals surface area contributed by atoms with Crippen LogP contribution < -0.4 is 5.73 Å². The lowest BCUT2D eigenvalue weighted by molar-refractivity contribution is -0.124. The highest BCUT2D eigenvalue weighted by Gasteiger charge is 2.46. The summed E-state index contributed by atoms with van der Waals surface area (Å²) in [7, 11) is 0. The number of carbonyl (C=O) groups excluding carboxylic acids is 1. The number of unbranched alkanes of at least 4 members (excludes halogenated alkanes) is 1. The molecular weight excluding hydrogens is 282 g/mol. The van der Waals surface area contributed by atoms with Crippen molar-refractivity contribution in [2.45, 2.75) is 44.9 Å². The first-order valence-electron chi connectivity index (χ1n) is 8.58. The fourth-order valence-electron chi connectivity index (χ4n) is 3.70. The van der Waals surface area contributed by atoms with Gasteiger partial charge in [-0.15, -0.1) is 0 Å². The van der Waals surface area contributed by atoms with Crippen LogP contribution in [0, 0.1) is 5.92 Å². The fourth-order valence-corrected chi connectivity index (χ4v) is 3.70. The minimum atomic E-state index is -0.757. The molecule has 2 heteroatoms. The van der Waals surface area contributed by atoms with E-state index in [2.05, 4.69) is 13.8 Å². The van der Waals surface area contributed by atoms with E-state index in [0.29, 0.717) is 0 Å². The number of rotatable bonds is 8. The highest BCUT2D eigenvalue weighted by Crippen LogP contribution is 2.43. The molecule has 23 heavy (non-hydrogen) atoms. The number of primary amides is 1. The smallest absolute Gasteiger partial charge is 0.232 e. The van der Waals surface area contributed by atoms with Crippen molar-refractivity contribution in [3.63, 3.8) is 0 Å². The number of hydrogen-bond donors (Lipinski definition) is 1. The molecule has 2 aromatic rings. The molecule has 122 valence electrons. The first-order valence-corrected chi connectivity index (χ1v) is 8.58. The van der Waals surface area contributed by atoms with Gasteiger partial charge in [0.05, 0.1) is 0 Å². The lowest BCUT2D eigenvalue weighted by Crippen LogP contribution is -2.48. The van der Waals surface area contributed by atoms with Crippen LogP contribution in [0.2, 0.25) is 0 Å². The molecule has 1 atom stereocenters. The van der Waals surface area contributed by atoms with E-state index >= 15 is 0 Å². The summed E-state index contributed by atoms with van der Waals surface area (Å²) in [6.07, 6.45) is 4.15. The third-order valence-corrected chi connectivity index (χ3v) is 4.86. The minimum absolute atomic E-state index is 0.199. The summed E-state index contributed by atoms with van der Waals surface area (Å²) in [5.41, 5.74) is 7.29. The van der Waals surface area contributed by atoms with Crippen molar-refractivity contribution in [1.29, 1.82) is 0 Å². The molecule has 0 aliphatic rings. The van der Waals surface area contributed by atoms with Crippen molar-refractivity contribution in [1.82, 2.24) is 0 Å². The number of hydrogen-bond acceptors (Lipinski definition) is 1. The van der Waals surface area contributed by atoms with E-state index in [1.54, 1.807) is 0 Å². The molecule has 2 nitrogen and oxygen atoms in total. The van der Waals surface area contributed by atoms with Gasteiger partial charge in [-0.3, -0.25) is 4.79 Å². The Balaban J connectivity index is 2.67. The van der Waals surface area contributed by atoms with E-state index in [0.717, 1.165) is 36.8 Å². The number of carbonyl (C=O) groups is 1. The van der Waals surface area contributed by atoms with E-state index in [4.69, 9.17) is 5.73 Å². The zero-order valence-electron chi connectivity index (χ0n) is 14.2. The quantitative estimate of drug-likeness (QED) is 0.756. The minimum Gasteiger partial charge on any atom is -0.369 e. The summed E-state index contributed by atoms with van der Waals surface area (Å²) in [6, 6.07) is 20.0. The fraction of sp³-hybridized carbons (Fsp3) is 0.381. The maximum Gasteiger partial charge on any atom is 0.232 e. The van der Waals surface area contributed by atoms with Gasteiger partial charge in [0.15, 0.2) is 0 Å². The molecule has 0 aromatic heterocycles. The Hall–Kier alpha value is -2.09. The van der Waals surface area contributed by atoms with Crippen molar-refractivity contribution in [2.24, 2.45) is 11.7 Å². The monoisotopic (exact) mass is 309 g/mol. The van der Waals surface area contributed by atoms with Crippen LogP contribution in [-0.2, 0) is 10.2 Å². The van der Waals surface area contributed by atoms with Crippen LogP contribution in [-0.4, -0.2) is 5.91 Å². The molecule has 0 aliphatic carbocycles. The zero-order chi connectivity index (χ0) is 16.7. The third-order valence-electron chi connectivity index (χ3n) is 4.86. The second-order valence-electron chi connectivity index (χ2n) is 6.15. The summed E-state index contributed by atoms with van der Waals surface area (Å²) >= 11 is 0. The summed E-state index contributed by atoms with van der Waals surface area (Å²) in [6.45, 7) is 4.34. The summed E-state index contributed by atoms with van der Waals surface area (Å²) in [5, 5.41) is 0. The Kier molecular flexibility index (Phi) is 5.97. The Morgan fingerprint density at radius 1 is 0.957 bits per heavy atom. The van der Waals surface area contributed by atoms with Crippen molar-refractivity contribution >= 4 is 5.91 Å².